The topological polar surface area (TPSA) is 94.2 Å². The SMILES string of the molecule is COc1ccc(S(=O)(=O)N2CCC(NC(=O)[C@@H]3COc4ccccc4O3)CC2)cc1. The van der Waals surface area contributed by atoms with Crippen molar-refractivity contribution in [2.75, 3.05) is 26.8 Å². The van der Waals surface area contributed by atoms with Gasteiger partial charge in [-0.3, -0.25) is 4.79 Å². The predicted octanol–water partition coefficient (Wildman–Crippen LogP) is 1.80. The fourth-order valence-electron chi connectivity index (χ4n) is 3.58. The monoisotopic (exact) mass is 432 g/mol. The molecule has 0 aliphatic carbocycles. The number of carbonyl (C=O) groups excluding carboxylic acids is 1. The molecular weight excluding hydrogens is 408 g/mol. The lowest BCUT2D eigenvalue weighted by Crippen LogP contribution is -2.51. The van der Waals surface area contributed by atoms with Gasteiger partial charge < -0.3 is 19.5 Å². The summed E-state index contributed by atoms with van der Waals surface area (Å²) in [5, 5.41) is 2.96. The number of hydrogen-bond acceptors (Lipinski definition) is 6. The molecule has 0 aromatic heterocycles. The molecule has 0 unspecified atom stereocenters. The van der Waals surface area contributed by atoms with E-state index in [4.69, 9.17) is 14.2 Å². The average Bonchev–Trinajstić information content (AvgIpc) is 2.79. The molecule has 9 heteroatoms. The molecule has 2 aliphatic heterocycles. The Hall–Kier alpha value is -2.78. The first-order valence-electron chi connectivity index (χ1n) is 9.80. The van der Waals surface area contributed by atoms with Gasteiger partial charge in [0.15, 0.2) is 11.5 Å². The van der Waals surface area contributed by atoms with E-state index in [0.29, 0.717) is 43.2 Å². The lowest BCUT2D eigenvalue weighted by atomic mass is 10.1. The van der Waals surface area contributed by atoms with Gasteiger partial charge in [0.2, 0.25) is 16.1 Å². The Labute approximate surface area is 175 Å². The second-order valence-corrected chi connectivity index (χ2v) is 9.16. The first kappa shape index (κ1) is 20.5. The second kappa shape index (κ2) is 8.53. The van der Waals surface area contributed by atoms with Gasteiger partial charge in [-0.25, -0.2) is 8.42 Å². The number of nitrogens with zero attached hydrogens (tertiary/aromatic N) is 1. The zero-order chi connectivity index (χ0) is 21.1. The van der Waals surface area contributed by atoms with Crippen molar-refractivity contribution >= 4 is 15.9 Å². The van der Waals surface area contributed by atoms with Gasteiger partial charge in [-0.1, -0.05) is 12.1 Å². The summed E-state index contributed by atoms with van der Waals surface area (Å²) in [4.78, 5) is 12.8. The summed E-state index contributed by atoms with van der Waals surface area (Å²) in [6, 6.07) is 13.5. The Morgan fingerprint density at radius 1 is 1.07 bits per heavy atom. The van der Waals surface area contributed by atoms with Crippen LogP contribution in [0.1, 0.15) is 12.8 Å². The van der Waals surface area contributed by atoms with Crippen LogP contribution in [0.15, 0.2) is 53.4 Å². The summed E-state index contributed by atoms with van der Waals surface area (Å²) in [5.74, 6) is 1.52. The van der Waals surface area contributed by atoms with Crippen molar-refractivity contribution in [3.63, 3.8) is 0 Å². The molecule has 8 nitrogen and oxygen atoms in total. The van der Waals surface area contributed by atoms with Crippen LogP contribution in [0.3, 0.4) is 0 Å². The third-order valence-electron chi connectivity index (χ3n) is 5.30. The maximum atomic E-state index is 12.8. The van der Waals surface area contributed by atoms with Crippen molar-refractivity contribution in [3.8, 4) is 17.2 Å². The highest BCUT2D eigenvalue weighted by molar-refractivity contribution is 7.89. The minimum absolute atomic E-state index is 0.111. The predicted molar refractivity (Wildman–Crippen MR) is 109 cm³/mol. The van der Waals surface area contributed by atoms with Crippen molar-refractivity contribution in [3.05, 3.63) is 48.5 Å². The van der Waals surface area contributed by atoms with Crippen LogP contribution in [0.25, 0.3) is 0 Å². The number of fused-ring (bicyclic) bond motifs is 1. The van der Waals surface area contributed by atoms with Crippen molar-refractivity contribution in [2.24, 2.45) is 0 Å². The van der Waals surface area contributed by atoms with Crippen molar-refractivity contribution < 1.29 is 27.4 Å². The van der Waals surface area contributed by atoms with E-state index >= 15 is 0 Å². The van der Waals surface area contributed by atoms with E-state index in [2.05, 4.69) is 5.32 Å². The van der Waals surface area contributed by atoms with Crippen LogP contribution in [0, 0.1) is 0 Å². The molecule has 1 fully saturated rings. The Balaban J connectivity index is 1.31. The third kappa shape index (κ3) is 4.22. The van der Waals surface area contributed by atoms with E-state index in [-0.39, 0.29) is 23.5 Å². The molecule has 1 amide bonds. The molecule has 0 bridgehead atoms. The molecule has 2 aromatic carbocycles. The highest BCUT2D eigenvalue weighted by atomic mass is 32.2. The zero-order valence-corrected chi connectivity index (χ0v) is 17.4. The van der Waals surface area contributed by atoms with Gasteiger partial charge in [0.05, 0.1) is 12.0 Å². The van der Waals surface area contributed by atoms with Crippen LogP contribution in [-0.2, 0) is 14.8 Å². The summed E-state index contributed by atoms with van der Waals surface area (Å²) in [7, 11) is -2.04. The van der Waals surface area contributed by atoms with Crippen LogP contribution in [0.4, 0.5) is 0 Å². The van der Waals surface area contributed by atoms with Crippen LogP contribution < -0.4 is 19.5 Å². The normalized spacial score (nSPS) is 19.8. The van der Waals surface area contributed by atoms with Gasteiger partial charge in [-0.15, -0.1) is 0 Å². The van der Waals surface area contributed by atoms with Crippen LogP contribution >= 0.6 is 0 Å². The van der Waals surface area contributed by atoms with Crippen molar-refractivity contribution in [1.29, 1.82) is 0 Å². The summed E-state index contributed by atoms with van der Waals surface area (Å²) >= 11 is 0. The minimum atomic E-state index is -3.57. The molecule has 1 atom stereocenters. The first-order chi connectivity index (χ1) is 14.5. The van der Waals surface area contributed by atoms with E-state index in [1.54, 1.807) is 36.4 Å². The molecule has 30 heavy (non-hydrogen) atoms. The summed E-state index contributed by atoms with van der Waals surface area (Å²) in [5.41, 5.74) is 0. The third-order valence-corrected chi connectivity index (χ3v) is 7.21. The van der Waals surface area contributed by atoms with Gasteiger partial charge in [0, 0.05) is 19.1 Å². The standard InChI is InChI=1S/C21H24N2O6S/c1-27-16-6-8-17(9-7-16)30(25,26)23-12-10-15(11-13-23)22-21(24)20-14-28-18-4-2-3-5-19(18)29-20/h2-9,15,20H,10-14H2,1H3,(H,22,24)/t20-/m0/s1. The maximum absolute atomic E-state index is 12.8. The molecule has 0 radical (unpaired) electrons. The zero-order valence-electron chi connectivity index (χ0n) is 16.6. The number of benzene rings is 2. The Morgan fingerprint density at radius 3 is 2.40 bits per heavy atom. The first-order valence-corrected chi connectivity index (χ1v) is 11.2. The number of nitrogens with one attached hydrogen (secondary N) is 1. The number of carbonyl (C=O) groups is 1. The Bertz CT molecular complexity index is 1000. The van der Waals surface area contributed by atoms with Gasteiger partial charge in [0.1, 0.15) is 12.4 Å². The number of piperidine rings is 1. The lowest BCUT2D eigenvalue weighted by Gasteiger charge is -2.33. The Morgan fingerprint density at radius 2 is 1.73 bits per heavy atom. The molecule has 160 valence electrons. The highest BCUT2D eigenvalue weighted by Gasteiger charge is 2.33. The quantitative estimate of drug-likeness (QED) is 0.774. The van der Waals surface area contributed by atoms with Crippen LogP contribution in [0.2, 0.25) is 0 Å². The molecule has 0 saturated carbocycles. The van der Waals surface area contributed by atoms with Gasteiger partial charge >= 0.3 is 0 Å². The molecule has 1 N–H and O–H groups in total. The second-order valence-electron chi connectivity index (χ2n) is 7.23. The fraction of sp³-hybridized carbons (Fsp3) is 0.381. The number of methoxy groups -OCH3 is 1. The molecule has 2 heterocycles. The number of para-hydroxylation sites is 2. The fourth-order valence-corrected chi connectivity index (χ4v) is 5.05. The number of amides is 1. The highest BCUT2D eigenvalue weighted by Crippen LogP contribution is 2.31. The molecule has 2 aromatic rings. The summed E-state index contributed by atoms with van der Waals surface area (Å²) in [6.07, 6.45) is 0.345. The summed E-state index contributed by atoms with van der Waals surface area (Å²) < 4.78 is 43.5. The Kier molecular flexibility index (Phi) is 5.83. The van der Waals surface area contributed by atoms with E-state index in [1.807, 2.05) is 12.1 Å². The van der Waals surface area contributed by atoms with E-state index in [1.165, 1.54) is 11.4 Å². The maximum Gasteiger partial charge on any atom is 0.264 e. The van der Waals surface area contributed by atoms with E-state index < -0.39 is 16.1 Å². The smallest absolute Gasteiger partial charge is 0.264 e. The molecule has 0 spiro atoms. The van der Waals surface area contributed by atoms with E-state index in [0.717, 1.165) is 0 Å². The molecule has 2 aliphatic rings. The number of ether oxygens (including phenoxy) is 3. The molecule has 1 saturated heterocycles. The lowest BCUT2D eigenvalue weighted by molar-refractivity contribution is -0.131. The molecule has 4 rings (SSSR count). The van der Waals surface area contributed by atoms with Crippen molar-refractivity contribution in [1.82, 2.24) is 9.62 Å². The number of hydrogen-bond donors (Lipinski definition) is 1. The van der Waals surface area contributed by atoms with Gasteiger partial charge in [0.25, 0.3) is 5.91 Å². The minimum Gasteiger partial charge on any atom is -0.497 e. The van der Waals surface area contributed by atoms with E-state index in [9.17, 15) is 13.2 Å². The van der Waals surface area contributed by atoms with Gasteiger partial charge in [-0.05, 0) is 49.2 Å². The van der Waals surface area contributed by atoms with Crippen LogP contribution in [-0.4, -0.2) is 57.6 Å². The summed E-state index contributed by atoms with van der Waals surface area (Å²) in [6.45, 7) is 0.821. The van der Waals surface area contributed by atoms with Crippen LogP contribution in [0.5, 0.6) is 17.2 Å². The number of sulfonamides is 1. The molecular formula is C21H24N2O6S. The largest absolute Gasteiger partial charge is 0.497 e. The number of rotatable bonds is 5. The average molecular weight is 432 g/mol. The van der Waals surface area contributed by atoms with Crippen molar-refractivity contribution in [2.45, 2.75) is 29.9 Å². The van der Waals surface area contributed by atoms with Gasteiger partial charge in [-0.2, -0.15) is 4.31 Å².